The van der Waals surface area contributed by atoms with Crippen LogP contribution in [0, 0.1) is 21.4 Å². The molecule has 0 spiro atoms. The maximum atomic E-state index is 12.5. The SMILES string of the molecule is CCOC(=O)COc1c(Br)cc(/C=C(\C#N)C(=O)Nc2cccc([N+](=O)[O-])c2)cc1OC. The minimum Gasteiger partial charge on any atom is -0.493 e. The molecule has 32 heavy (non-hydrogen) atoms. The predicted octanol–water partition coefficient (Wildman–Crippen LogP) is 3.85. The fourth-order valence-electron chi connectivity index (χ4n) is 2.51. The molecule has 0 unspecified atom stereocenters. The summed E-state index contributed by atoms with van der Waals surface area (Å²) >= 11 is 3.32. The molecule has 0 saturated heterocycles. The van der Waals surface area contributed by atoms with Gasteiger partial charge in [0.05, 0.1) is 23.1 Å². The highest BCUT2D eigenvalue weighted by atomic mass is 79.9. The van der Waals surface area contributed by atoms with Gasteiger partial charge in [-0.25, -0.2) is 4.79 Å². The molecule has 0 fully saturated rings. The average molecular weight is 504 g/mol. The summed E-state index contributed by atoms with van der Waals surface area (Å²) in [4.78, 5) is 34.3. The van der Waals surface area contributed by atoms with Crippen LogP contribution in [0.2, 0.25) is 0 Å². The van der Waals surface area contributed by atoms with E-state index < -0.39 is 16.8 Å². The first kappa shape index (κ1) is 24.4. The highest BCUT2D eigenvalue weighted by Crippen LogP contribution is 2.37. The molecule has 0 heterocycles. The van der Waals surface area contributed by atoms with E-state index in [1.165, 1.54) is 43.5 Å². The maximum Gasteiger partial charge on any atom is 0.344 e. The number of ether oxygens (including phenoxy) is 3. The molecule has 1 N–H and O–H groups in total. The Hall–Kier alpha value is -3.91. The summed E-state index contributed by atoms with van der Waals surface area (Å²) in [6, 6.07) is 10.2. The summed E-state index contributed by atoms with van der Waals surface area (Å²) in [6.45, 7) is 1.57. The van der Waals surface area contributed by atoms with Crippen LogP contribution in [0.5, 0.6) is 11.5 Å². The van der Waals surface area contributed by atoms with Crippen molar-refractivity contribution in [2.24, 2.45) is 0 Å². The molecule has 0 atom stereocenters. The largest absolute Gasteiger partial charge is 0.493 e. The lowest BCUT2D eigenvalue weighted by Gasteiger charge is -2.13. The van der Waals surface area contributed by atoms with Crippen LogP contribution in [-0.2, 0) is 14.3 Å². The van der Waals surface area contributed by atoms with Gasteiger partial charge in [0.1, 0.15) is 11.6 Å². The van der Waals surface area contributed by atoms with Crippen LogP contribution < -0.4 is 14.8 Å². The molecule has 0 aromatic heterocycles. The Kier molecular flexibility index (Phi) is 8.73. The molecule has 11 heteroatoms. The van der Waals surface area contributed by atoms with E-state index >= 15 is 0 Å². The van der Waals surface area contributed by atoms with Gasteiger partial charge in [0.2, 0.25) is 0 Å². The zero-order chi connectivity index (χ0) is 23.7. The lowest BCUT2D eigenvalue weighted by atomic mass is 10.1. The summed E-state index contributed by atoms with van der Waals surface area (Å²) in [5.74, 6) is -0.788. The van der Waals surface area contributed by atoms with E-state index in [1.54, 1.807) is 19.1 Å². The minimum atomic E-state index is -0.745. The molecule has 166 valence electrons. The van der Waals surface area contributed by atoms with Gasteiger partial charge in [-0.2, -0.15) is 5.26 Å². The number of nitrogens with one attached hydrogen (secondary N) is 1. The number of hydrogen-bond donors (Lipinski definition) is 1. The summed E-state index contributed by atoms with van der Waals surface area (Å²) < 4.78 is 16.0. The van der Waals surface area contributed by atoms with E-state index in [-0.39, 0.29) is 41.7 Å². The molecule has 2 rings (SSSR count). The van der Waals surface area contributed by atoms with Gasteiger partial charge in [0.15, 0.2) is 18.1 Å². The smallest absolute Gasteiger partial charge is 0.344 e. The normalized spacial score (nSPS) is 10.6. The fourth-order valence-corrected chi connectivity index (χ4v) is 3.08. The first-order valence-corrected chi connectivity index (χ1v) is 9.91. The molecule has 0 bridgehead atoms. The molecule has 10 nitrogen and oxygen atoms in total. The number of nitrogens with zero attached hydrogens (tertiary/aromatic N) is 2. The molecule has 0 aliphatic rings. The zero-order valence-electron chi connectivity index (χ0n) is 17.1. The highest BCUT2D eigenvalue weighted by molar-refractivity contribution is 9.10. The number of amides is 1. The van der Waals surface area contributed by atoms with Crippen molar-refractivity contribution in [3.05, 3.63) is 62.1 Å². The third-order valence-corrected chi connectivity index (χ3v) is 4.47. The van der Waals surface area contributed by atoms with Crippen LogP contribution >= 0.6 is 15.9 Å². The van der Waals surface area contributed by atoms with Crippen molar-refractivity contribution >= 4 is 45.3 Å². The van der Waals surface area contributed by atoms with Crippen LogP contribution in [0.25, 0.3) is 6.08 Å². The lowest BCUT2D eigenvalue weighted by molar-refractivity contribution is -0.384. The Bertz CT molecular complexity index is 1110. The van der Waals surface area contributed by atoms with Gasteiger partial charge < -0.3 is 19.5 Å². The highest BCUT2D eigenvalue weighted by Gasteiger charge is 2.16. The van der Waals surface area contributed by atoms with Gasteiger partial charge in [-0.15, -0.1) is 0 Å². The molecular weight excluding hydrogens is 486 g/mol. The van der Waals surface area contributed by atoms with Crippen LogP contribution in [0.1, 0.15) is 12.5 Å². The van der Waals surface area contributed by atoms with Gasteiger partial charge >= 0.3 is 5.97 Å². The number of esters is 1. The van der Waals surface area contributed by atoms with Crippen LogP contribution in [0.4, 0.5) is 11.4 Å². The van der Waals surface area contributed by atoms with Crippen LogP contribution in [0.3, 0.4) is 0 Å². The zero-order valence-corrected chi connectivity index (χ0v) is 18.7. The average Bonchev–Trinajstić information content (AvgIpc) is 2.76. The van der Waals surface area contributed by atoms with Crippen molar-refractivity contribution in [3.63, 3.8) is 0 Å². The number of non-ortho nitro benzene ring substituents is 1. The number of halogens is 1. The Morgan fingerprint density at radius 2 is 2.06 bits per heavy atom. The van der Waals surface area contributed by atoms with Gasteiger partial charge in [-0.1, -0.05) is 6.07 Å². The van der Waals surface area contributed by atoms with Crippen molar-refractivity contribution in [1.82, 2.24) is 0 Å². The molecule has 0 aliphatic carbocycles. The number of rotatable bonds is 9. The van der Waals surface area contributed by atoms with E-state index in [1.807, 2.05) is 0 Å². The van der Waals surface area contributed by atoms with Gasteiger partial charge in [-0.05, 0) is 52.7 Å². The third kappa shape index (κ3) is 6.55. The second-order valence-corrected chi connectivity index (χ2v) is 6.91. The number of anilines is 1. The quantitative estimate of drug-likeness (QED) is 0.179. The number of nitro benzene ring substituents is 1. The first-order valence-electron chi connectivity index (χ1n) is 9.12. The topological polar surface area (TPSA) is 141 Å². The number of methoxy groups -OCH3 is 1. The molecular formula is C21H18BrN3O7. The first-order chi connectivity index (χ1) is 15.3. The molecule has 0 radical (unpaired) electrons. The third-order valence-electron chi connectivity index (χ3n) is 3.88. The molecule has 2 aromatic rings. The van der Waals surface area contributed by atoms with Crippen LogP contribution in [0.15, 0.2) is 46.4 Å². The Morgan fingerprint density at radius 3 is 2.69 bits per heavy atom. The van der Waals surface area contributed by atoms with E-state index in [2.05, 4.69) is 21.2 Å². The van der Waals surface area contributed by atoms with Crippen molar-refractivity contribution in [2.75, 3.05) is 25.6 Å². The number of hydrogen-bond acceptors (Lipinski definition) is 8. The standard InChI is InChI=1S/C21H18BrN3O7/c1-3-31-19(26)12-32-20-17(22)8-13(9-18(20)30-2)7-14(11-23)21(27)24-15-5-4-6-16(10-15)25(28)29/h4-10H,3,12H2,1-2H3,(H,24,27)/b14-7+. The van der Waals surface area contributed by atoms with E-state index in [9.17, 15) is 25.0 Å². The Morgan fingerprint density at radius 1 is 1.31 bits per heavy atom. The van der Waals surface area contributed by atoms with Crippen LogP contribution in [-0.4, -0.2) is 37.1 Å². The van der Waals surface area contributed by atoms with Crippen molar-refractivity contribution < 1.29 is 28.7 Å². The number of nitriles is 1. The monoisotopic (exact) mass is 503 g/mol. The van der Waals surface area contributed by atoms with Crippen molar-refractivity contribution in [3.8, 4) is 17.6 Å². The molecule has 0 saturated carbocycles. The van der Waals surface area contributed by atoms with E-state index in [0.717, 1.165) is 0 Å². The fraction of sp³-hybridized carbons (Fsp3) is 0.190. The van der Waals surface area contributed by atoms with E-state index in [0.29, 0.717) is 10.0 Å². The summed E-state index contributed by atoms with van der Waals surface area (Å²) in [6.07, 6.45) is 1.31. The van der Waals surface area contributed by atoms with E-state index in [4.69, 9.17) is 14.2 Å². The molecule has 0 aliphatic heterocycles. The second kappa shape index (κ2) is 11.5. The lowest BCUT2D eigenvalue weighted by Crippen LogP contribution is -2.15. The minimum absolute atomic E-state index is 0.173. The summed E-state index contributed by atoms with van der Waals surface area (Å²) in [7, 11) is 1.40. The van der Waals surface area contributed by atoms with Gasteiger partial charge in [0, 0.05) is 17.8 Å². The second-order valence-electron chi connectivity index (χ2n) is 6.06. The Labute approximate surface area is 191 Å². The molecule has 1 amide bonds. The number of carbonyl (C=O) groups excluding carboxylic acids is 2. The van der Waals surface area contributed by atoms with Gasteiger partial charge in [-0.3, -0.25) is 14.9 Å². The number of carbonyl (C=O) groups is 2. The summed E-state index contributed by atoms with van der Waals surface area (Å²) in [5.41, 5.74) is 0.165. The molecule has 2 aromatic carbocycles. The maximum absolute atomic E-state index is 12.5. The van der Waals surface area contributed by atoms with Gasteiger partial charge in [0.25, 0.3) is 11.6 Å². The van der Waals surface area contributed by atoms with Crippen molar-refractivity contribution in [2.45, 2.75) is 6.92 Å². The number of benzene rings is 2. The predicted molar refractivity (Wildman–Crippen MR) is 118 cm³/mol. The number of nitro groups is 1. The van der Waals surface area contributed by atoms with Crippen molar-refractivity contribution in [1.29, 1.82) is 5.26 Å². The Balaban J connectivity index is 2.26. The summed E-state index contributed by atoms with van der Waals surface area (Å²) in [5, 5.41) is 22.8.